The summed E-state index contributed by atoms with van der Waals surface area (Å²) in [7, 11) is 0. The van der Waals surface area contributed by atoms with Crippen LogP contribution in [-0.4, -0.2) is 44.7 Å². The number of anilines is 2. The van der Waals surface area contributed by atoms with Gasteiger partial charge in [0.15, 0.2) is 5.82 Å². The summed E-state index contributed by atoms with van der Waals surface area (Å²) < 4.78 is 1.79. The van der Waals surface area contributed by atoms with Crippen LogP contribution in [0.3, 0.4) is 0 Å². The van der Waals surface area contributed by atoms with Gasteiger partial charge >= 0.3 is 6.03 Å². The Morgan fingerprint density at radius 1 is 1.22 bits per heavy atom. The molecule has 1 aliphatic heterocycles. The van der Waals surface area contributed by atoms with Crippen molar-refractivity contribution in [1.29, 1.82) is 0 Å². The number of carbonyl (C=O) groups excluding carboxylic acids is 2. The van der Waals surface area contributed by atoms with E-state index < -0.39 is 0 Å². The van der Waals surface area contributed by atoms with Crippen molar-refractivity contribution in [1.82, 2.24) is 19.7 Å². The molecule has 2 aromatic rings. The van der Waals surface area contributed by atoms with Gasteiger partial charge in [0.1, 0.15) is 5.82 Å². The quantitative estimate of drug-likeness (QED) is 0.902. The van der Waals surface area contributed by atoms with Crippen molar-refractivity contribution in [2.75, 3.05) is 23.7 Å². The molecule has 2 aromatic heterocycles. The third-order valence-corrected chi connectivity index (χ3v) is 3.64. The lowest BCUT2D eigenvalue weighted by atomic mass is 10.3. The fourth-order valence-electron chi connectivity index (χ4n) is 2.56. The van der Waals surface area contributed by atoms with Crippen molar-refractivity contribution in [2.45, 2.75) is 19.4 Å². The molecule has 120 valence electrons. The van der Waals surface area contributed by atoms with E-state index in [1.807, 2.05) is 12.3 Å². The average Bonchev–Trinajstić information content (AvgIpc) is 3.16. The highest BCUT2D eigenvalue weighted by molar-refractivity contribution is 5.88. The van der Waals surface area contributed by atoms with E-state index in [-0.39, 0.29) is 18.0 Å². The largest absolute Gasteiger partial charge is 0.323 e. The fourth-order valence-corrected chi connectivity index (χ4v) is 2.56. The van der Waals surface area contributed by atoms with Gasteiger partial charge in [-0.1, -0.05) is 6.07 Å². The van der Waals surface area contributed by atoms with Gasteiger partial charge in [-0.2, -0.15) is 5.10 Å². The molecule has 3 rings (SSSR count). The van der Waals surface area contributed by atoms with E-state index in [1.165, 1.54) is 6.92 Å². The van der Waals surface area contributed by atoms with Crippen LogP contribution in [0.15, 0.2) is 36.7 Å². The van der Waals surface area contributed by atoms with Gasteiger partial charge in [0, 0.05) is 38.5 Å². The van der Waals surface area contributed by atoms with Crippen LogP contribution < -0.4 is 10.6 Å². The summed E-state index contributed by atoms with van der Waals surface area (Å²) in [6.07, 6.45) is 4.27. The fraction of sp³-hybridized carbons (Fsp3) is 0.333. The van der Waals surface area contributed by atoms with Gasteiger partial charge in [-0.15, -0.1) is 0 Å². The zero-order chi connectivity index (χ0) is 16.2. The maximum Gasteiger partial charge on any atom is 0.323 e. The Labute approximate surface area is 133 Å². The normalized spacial score (nSPS) is 17.1. The summed E-state index contributed by atoms with van der Waals surface area (Å²) in [5.41, 5.74) is 0. The maximum atomic E-state index is 12.2. The highest BCUT2D eigenvalue weighted by Crippen LogP contribution is 2.22. The van der Waals surface area contributed by atoms with Crippen LogP contribution >= 0.6 is 0 Å². The molecule has 8 heteroatoms. The van der Waals surface area contributed by atoms with Gasteiger partial charge in [0.25, 0.3) is 0 Å². The molecule has 0 radical (unpaired) electrons. The van der Waals surface area contributed by atoms with Crippen LogP contribution in [-0.2, 0) is 4.79 Å². The zero-order valence-corrected chi connectivity index (χ0v) is 12.8. The van der Waals surface area contributed by atoms with Crippen LogP contribution in [0, 0.1) is 0 Å². The molecule has 1 fully saturated rings. The second-order valence-corrected chi connectivity index (χ2v) is 5.40. The van der Waals surface area contributed by atoms with Crippen LogP contribution in [0.4, 0.5) is 16.4 Å². The number of amides is 3. The van der Waals surface area contributed by atoms with E-state index >= 15 is 0 Å². The van der Waals surface area contributed by atoms with Crippen LogP contribution in [0.5, 0.6) is 0 Å². The number of likely N-dealkylation sites (tertiary alicyclic amines) is 1. The van der Waals surface area contributed by atoms with E-state index in [0.29, 0.717) is 24.7 Å². The molecule has 0 spiro atoms. The van der Waals surface area contributed by atoms with Crippen molar-refractivity contribution in [3.05, 3.63) is 36.7 Å². The topological polar surface area (TPSA) is 92.2 Å². The van der Waals surface area contributed by atoms with Crippen LogP contribution in [0.25, 0.3) is 0 Å². The molecule has 3 amide bonds. The number of pyridine rings is 1. The number of nitrogens with zero attached hydrogens (tertiary/aromatic N) is 4. The van der Waals surface area contributed by atoms with Crippen LogP contribution in [0.1, 0.15) is 19.4 Å². The highest BCUT2D eigenvalue weighted by Gasteiger charge is 2.28. The summed E-state index contributed by atoms with van der Waals surface area (Å²) in [5.74, 6) is 0.903. The number of urea groups is 1. The second kappa shape index (κ2) is 6.47. The van der Waals surface area contributed by atoms with Gasteiger partial charge in [0.05, 0.1) is 6.04 Å². The third kappa shape index (κ3) is 3.65. The number of hydrogen-bond donors (Lipinski definition) is 2. The predicted molar refractivity (Wildman–Crippen MR) is 85.0 cm³/mol. The van der Waals surface area contributed by atoms with Crippen molar-refractivity contribution in [3.8, 4) is 0 Å². The zero-order valence-electron chi connectivity index (χ0n) is 12.8. The number of nitrogens with one attached hydrogen (secondary N) is 2. The lowest BCUT2D eigenvalue weighted by molar-refractivity contribution is -0.114. The predicted octanol–water partition coefficient (Wildman–Crippen LogP) is 1.72. The summed E-state index contributed by atoms with van der Waals surface area (Å²) in [6, 6.07) is 7.05. The summed E-state index contributed by atoms with van der Waals surface area (Å²) in [6.45, 7) is 2.66. The lowest BCUT2D eigenvalue weighted by Gasteiger charge is -2.17. The second-order valence-electron chi connectivity index (χ2n) is 5.40. The van der Waals surface area contributed by atoms with Gasteiger partial charge in [-0.05, 0) is 18.6 Å². The monoisotopic (exact) mass is 314 g/mol. The Hall–Kier alpha value is -2.90. The van der Waals surface area contributed by atoms with E-state index in [1.54, 1.807) is 34.0 Å². The molecule has 0 saturated carbocycles. The van der Waals surface area contributed by atoms with E-state index in [4.69, 9.17) is 0 Å². The summed E-state index contributed by atoms with van der Waals surface area (Å²) in [4.78, 5) is 29.1. The van der Waals surface area contributed by atoms with E-state index in [0.717, 1.165) is 6.42 Å². The van der Waals surface area contributed by atoms with Gasteiger partial charge in [0.2, 0.25) is 5.91 Å². The standard InChI is InChI=1S/C15H18N6O2/c1-11(22)17-14-6-9-21(19-14)12-5-8-20(10-12)15(23)18-13-4-2-3-7-16-13/h2-4,6-7,9,12H,5,8,10H2,1H3,(H,16,18,23)(H,17,19,22)/t12-/m1/s1. The Morgan fingerprint density at radius 3 is 2.83 bits per heavy atom. The van der Waals surface area contributed by atoms with E-state index in [2.05, 4.69) is 20.7 Å². The minimum absolute atomic E-state index is 0.104. The Morgan fingerprint density at radius 2 is 2.09 bits per heavy atom. The number of aromatic nitrogens is 3. The SMILES string of the molecule is CC(=O)Nc1ccn([C@@H]2CCN(C(=O)Nc3ccccn3)C2)n1. The molecule has 0 bridgehead atoms. The summed E-state index contributed by atoms with van der Waals surface area (Å²) >= 11 is 0. The smallest absolute Gasteiger partial charge is 0.322 e. The molecular formula is C15H18N6O2. The molecule has 23 heavy (non-hydrogen) atoms. The van der Waals surface area contributed by atoms with Gasteiger partial charge in [-0.25, -0.2) is 9.78 Å². The molecule has 8 nitrogen and oxygen atoms in total. The molecule has 1 saturated heterocycles. The summed E-state index contributed by atoms with van der Waals surface area (Å²) in [5, 5.41) is 9.74. The molecular weight excluding hydrogens is 296 g/mol. The third-order valence-electron chi connectivity index (χ3n) is 3.64. The number of carbonyl (C=O) groups is 2. The number of hydrogen-bond acceptors (Lipinski definition) is 4. The van der Waals surface area contributed by atoms with Crippen molar-refractivity contribution in [3.63, 3.8) is 0 Å². The average molecular weight is 314 g/mol. The minimum Gasteiger partial charge on any atom is -0.322 e. The molecule has 0 aromatic carbocycles. The molecule has 1 aliphatic rings. The molecule has 0 unspecified atom stereocenters. The van der Waals surface area contributed by atoms with Gasteiger partial charge < -0.3 is 10.2 Å². The molecule has 1 atom stereocenters. The van der Waals surface area contributed by atoms with Crippen molar-refractivity contribution >= 4 is 23.6 Å². The number of rotatable bonds is 3. The highest BCUT2D eigenvalue weighted by atomic mass is 16.2. The molecule has 0 aliphatic carbocycles. The first-order valence-electron chi connectivity index (χ1n) is 7.41. The molecule has 2 N–H and O–H groups in total. The lowest BCUT2D eigenvalue weighted by Crippen LogP contribution is -2.33. The van der Waals surface area contributed by atoms with Crippen molar-refractivity contribution in [2.24, 2.45) is 0 Å². The first-order valence-corrected chi connectivity index (χ1v) is 7.41. The van der Waals surface area contributed by atoms with Gasteiger partial charge in [-0.3, -0.25) is 14.8 Å². The van der Waals surface area contributed by atoms with Crippen LogP contribution in [0.2, 0.25) is 0 Å². The first kappa shape index (κ1) is 15.0. The Bertz CT molecular complexity index is 699. The Kier molecular flexibility index (Phi) is 4.22. The van der Waals surface area contributed by atoms with E-state index in [9.17, 15) is 9.59 Å². The first-order chi connectivity index (χ1) is 11.1. The minimum atomic E-state index is -0.166. The maximum absolute atomic E-state index is 12.2. The Balaban J connectivity index is 1.58. The van der Waals surface area contributed by atoms with Crippen molar-refractivity contribution < 1.29 is 9.59 Å². The molecule has 3 heterocycles.